The Labute approximate surface area is 91.4 Å². The van der Waals surface area contributed by atoms with Crippen molar-refractivity contribution in [1.82, 2.24) is 0 Å². The Morgan fingerprint density at radius 1 is 1.43 bits per heavy atom. The van der Waals surface area contributed by atoms with Crippen LogP contribution in [0.3, 0.4) is 0 Å². The van der Waals surface area contributed by atoms with Gasteiger partial charge in [0.15, 0.2) is 4.51 Å². The van der Waals surface area contributed by atoms with Crippen LogP contribution in [0, 0.1) is 0 Å². The van der Waals surface area contributed by atoms with E-state index in [1.165, 1.54) is 0 Å². The largest absolute Gasteiger partial charge is 0.359 e. The minimum Gasteiger partial charge on any atom is -0.359 e. The molecule has 2 rings (SSSR count). The summed E-state index contributed by atoms with van der Waals surface area (Å²) >= 11 is 3.36. The SMILES string of the molecule is COC1(Br)CCc2ccccc2C1=O. The molecule has 0 aromatic heterocycles. The summed E-state index contributed by atoms with van der Waals surface area (Å²) in [6.45, 7) is 0. The molecule has 0 spiro atoms. The van der Waals surface area contributed by atoms with E-state index >= 15 is 0 Å². The molecule has 0 N–H and O–H groups in total. The molecule has 0 bridgehead atoms. The molecule has 3 heteroatoms. The van der Waals surface area contributed by atoms with Gasteiger partial charge in [0.1, 0.15) is 0 Å². The molecule has 0 radical (unpaired) electrons. The number of hydrogen-bond donors (Lipinski definition) is 0. The average Bonchev–Trinajstić information content (AvgIpc) is 2.24. The smallest absolute Gasteiger partial charge is 0.205 e. The number of halogens is 1. The Balaban J connectivity index is 2.46. The maximum atomic E-state index is 12.0. The standard InChI is InChI=1S/C11H11BrO2/c1-14-11(12)7-6-8-4-2-3-5-9(8)10(11)13/h2-5H,6-7H2,1H3. The predicted octanol–water partition coefficient (Wildman–Crippen LogP) is 2.55. The highest BCUT2D eigenvalue weighted by molar-refractivity contribution is 9.10. The summed E-state index contributed by atoms with van der Waals surface area (Å²) < 4.78 is 4.41. The number of methoxy groups -OCH3 is 1. The molecule has 1 atom stereocenters. The number of fused-ring (bicyclic) bond motifs is 1. The Morgan fingerprint density at radius 2 is 2.14 bits per heavy atom. The van der Waals surface area contributed by atoms with Crippen molar-refractivity contribution in [3.8, 4) is 0 Å². The normalized spacial score (nSPS) is 26.0. The Kier molecular flexibility index (Phi) is 2.45. The van der Waals surface area contributed by atoms with Gasteiger partial charge in [-0.15, -0.1) is 0 Å². The Hall–Kier alpha value is -0.670. The van der Waals surface area contributed by atoms with Gasteiger partial charge in [0.2, 0.25) is 5.78 Å². The van der Waals surface area contributed by atoms with Gasteiger partial charge in [0, 0.05) is 12.7 Å². The lowest BCUT2D eigenvalue weighted by molar-refractivity contribution is 0.0453. The molecule has 0 amide bonds. The zero-order valence-corrected chi connectivity index (χ0v) is 9.50. The zero-order valence-electron chi connectivity index (χ0n) is 7.92. The second kappa shape index (κ2) is 3.48. The van der Waals surface area contributed by atoms with E-state index in [1.807, 2.05) is 24.3 Å². The van der Waals surface area contributed by atoms with Gasteiger partial charge in [-0.05, 0) is 34.3 Å². The average molecular weight is 255 g/mol. The third-order valence-corrected chi connectivity index (χ3v) is 3.72. The minimum atomic E-state index is -0.804. The minimum absolute atomic E-state index is 0.0295. The number of carbonyl (C=O) groups is 1. The molecule has 2 nitrogen and oxygen atoms in total. The second-order valence-electron chi connectivity index (χ2n) is 3.42. The number of rotatable bonds is 1. The first-order chi connectivity index (χ1) is 6.67. The van der Waals surface area contributed by atoms with Crippen LogP contribution in [0.2, 0.25) is 0 Å². The highest BCUT2D eigenvalue weighted by atomic mass is 79.9. The molecule has 0 saturated carbocycles. The number of hydrogen-bond acceptors (Lipinski definition) is 2. The topological polar surface area (TPSA) is 26.3 Å². The number of ketones is 1. The van der Waals surface area contributed by atoms with Gasteiger partial charge >= 0.3 is 0 Å². The molecule has 0 heterocycles. The molecule has 1 aliphatic rings. The van der Waals surface area contributed by atoms with Crippen molar-refractivity contribution >= 4 is 21.7 Å². The van der Waals surface area contributed by atoms with Crippen molar-refractivity contribution in [2.24, 2.45) is 0 Å². The van der Waals surface area contributed by atoms with Crippen LogP contribution in [0.5, 0.6) is 0 Å². The Morgan fingerprint density at radius 3 is 2.86 bits per heavy atom. The highest BCUT2D eigenvalue weighted by Crippen LogP contribution is 2.35. The first-order valence-electron chi connectivity index (χ1n) is 4.54. The molecule has 0 fully saturated rings. The summed E-state index contributed by atoms with van der Waals surface area (Å²) in [4.78, 5) is 12.0. The summed E-state index contributed by atoms with van der Waals surface area (Å²) in [5.74, 6) is 0.0295. The van der Waals surface area contributed by atoms with Crippen molar-refractivity contribution in [1.29, 1.82) is 0 Å². The molecular weight excluding hydrogens is 244 g/mol. The van der Waals surface area contributed by atoms with Gasteiger partial charge < -0.3 is 4.74 Å². The third kappa shape index (κ3) is 1.41. The monoisotopic (exact) mass is 254 g/mol. The molecule has 74 valence electrons. The summed E-state index contributed by atoms with van der Waals surface area (Å²) in [6.07, 6.45) is 1.57. The van der Waals surface area contributed by atoms with Gasteiger partial charge in [-0.1, -0.05) is 24.3 Å². The van der Waals surface area contributed by atoms with E-state index in [4.69, 9.17) is 4.74 Å². The van der Waals surface area contributed by atoms with E-state index in [-0.39, 0.29) is 5.78 Å². The fourth-order valence-electron chi connectivity index (χ4n) is 1.76. The van der Waals surface area contributed by atoms with Crippen LogP contribution in [0.4, 0.5) is 0 Å². The molecule has 1 unspecified atom stereocenters. The maximum Gasteiger partial charge on any atom is 0.205 e. The number of aryl methyl sites for hydroxylation is 1. The number of benzene rings is 1. The van der Waals surface area contributed by atoms with Crippen LogP contribution in [0.15, 0.2) is 24.3 Å². The van der Waals surface area contributed by atoms with Crippen LogP contribution in [0.1, 0.15) is 22.3 Å². The van der Waals surface area contributed by atoms with Crippen LogP contribution < -0.4 is 0 Å². The van der Waals surface area contributed by atoms with Crippen molar-refractivity contribution in [3.63, 3.8) is 0 Å². The third-order valence-electron chi connectivity index (χ3n) is 2.64. The number of carbonyl (C=O) groups excluding carboxylic acids is 1. The van der Waals surface area contributed by atoms with E-state index < -0.39 is 4.51 Å². The molecule has 0 saturated heterocycles. The lowest BCUT2D eigenvalue weighted by atomic mass is 9.88. The number of alkyl halides is 1. The van der Waals surface area contributed by atoms with Crippen molar-refractivity contribution in [2.75, 3.05) is 7.11 Å². The molecule has 0 aliphatic heterocycles. The van der Waals surface area contributed by atoms with Gasteiger partial charge in [0.05, 0.1) is 0 Å². The van der Waals surface area contributed by atoms with E-state index in [0.29, 0.717) is 6.42 Å². The van der Waals surface area contributed by atoms with Crippen LogP contribution in [0.25, 0.3) is 0 Å². The summed E-state index contributed by atoms with van der Waals surface area (Å²) in [6, 6.07) is 7.69. The van der Waals surface area contributed by atoms with Gasteiger partial charge in [-0.2, -0.15) is 0 Å². The van der Waals surface area contributed by atoms with E-state index in [1.54, 1.807) is 7.11 Å². The second-order valence-corrected chi connectivity index (χ2v) is 4.70. The number of ether oxygens (including phenoxy) is 1. The van der Waals surface area contributed by atoms with Crippen molar-refractivity contribution in [3.05, 3.63) is 35.4 Å². The fourth-order valence-corrected chi connectivity index (χ4v) is 2.18. The maximum absolute atomic E-state index is 12.0. The van der Waals surface area contributed by atoms with Gasteiger partial charge in [-0.25, -0.2) is 0 Å². The van der Waals surface area contributed by atoms with Crippen LogP contribution in [-0.4, -0.2) is 17.4 Å². The van der Waals surface area contributed by atoms with E-state index in [0.717, 1.165) is 17.5 Å². The molecule has 1 aliphatic carbocycles. The van der Waals surface area contributed by atoms with E-state index in [2.05, 4.69) is 15.9 Å². The quantitative estimate of drug-likeness (QED) is 0.721. The van der Waals surface area contributed by atoms with Crippen LogP contribution >= 0.6 is 15.9 Å². The first-order valence-corrected chi connectivity index (χ1v) is 5.33. The molecule has 1 aromatic carbocycles. The fraction of sp³-hybridized carbons (Fsp3) is 0.364. The van der Waals surface area contributed by atoms with Gasteiger partial charge in [0.25, 0.3) is 0 Å². The van der Waals surface area contributed by atoms with Crippen LogP contribution in [-0.2, 0) is 11.2 Å². The predicted molar refractivity (Wildman–Crippen MR) is 57.8 cm³/mol. The molecule has 1 aromatic rings. The number of Topliss-reactive ketones (excluding diaryl/α,β-unsaturated/α-hetero) is 1. The molecule has 14 heavy (non-hydrogen) atoms. The van der Waals surface area contributed by atoms with Crippen molar-refractivity contribution in [2.45, 2.75) is 17.4 Å². The van der Waals surface area contributed by atoms with Crippen molar-refractivity contribution < 1.29 is 9.53 Å². The summed E-state index contributed by atoms with van der Waals surface area (Å²) in [7, 11) is 1.56. The lowest BCUT2D eigenvalue weighted by Crippen LogP contribution is -2.38. The summed E-state index contributed by atoms with van der Waals surface area (Å²) in [5, 5.41) is 0. The highest BCUT2D eigenvalue weighted by Gasteiger charge is 2.40. The lowest BCUT2D eigenvalue weighted by Gasteiger charge is -2.29. The zero-order chi connectivity index (χ0) is 10.2. The molecular formula is C11H11BrO2. The Bertz CT molecular complexity index is 375. The van der Waals surface area contributed by atoms with E-state index in [9.17, 15) is 4.79 Å². The first kappa shape index (κ1) is 9.87. The van der Waals surface area contributed by atoms with Gasteiger partial charge in [-0.3, -0.25) is 4.79 Å². The summed E-state index contributed by atoms with van der Waals surface area (Å²) in [5.41, 5.74) is 1.89.